The van der Waals surface area contributed by atoms with Crippen LogP contribution in [0, 0.1) is 5.82 Å². The van der Waals surface area contributed by atoms with Crippen LogP contribution in [0.25, 0.3) is 6.08 Å². The molecule has 4 amide bonds. The molecule has 1 heterocycles. The molecule has 0 radical (unpaired) electrons. The Morgan fingerprint density at radius 1 is 1.19 bits per heavy atom. The summed E-state index contributed by atoms with van der Waals surface area (Å²) in [6.07, 6.45) is 1.10. The minimum atomic E-state index is -1.04. The first kappa shape index (κ1) is 22.3. The fourth-order valence-electron chi connectivity index (χ4n) is 2.96. The van der Waals surface area contributed by atoms with Gasteiger partial charge in [-0.1, -0.05) is 23.7 Å². The summed E-state index contributed by atoms with van der Waals surface area (Å²) in [5.41, 5.74) is -0.262. The second kappa shape index (κ2) is 9.18. The van der Waals surface area contributed by atoms with Gasteiger partial charge in [0.15, 0.2) is 11.5 Å². The van der Waals surface area contributed by atoms with Gasteiger partial charge in [0, 0.05) is 0 Å². The summed E-state index contributed by atoms with van der Waals surface area (Å²) in [5.74, 6) is -1.98. The standard InChI is InChI=1S/C22H20ClFN2O5/c1-4-30-18-11-13(10-15(23)19(18)31-12(2)3)9-14-20(27)25-22(29)26(21(14)28)17-8-6-5-7-16(17)24/h5-12H,4H2,1-3H3,(H,25,27,29)/b14-9-. The molecule has 1 N–H and O–H groups in total. The zero-order valence-corrected chi connectivity index (χ0v) is 17.8. The number of nitrogens with one attached hydrogen (secondary N) is 1. The molecule has 2 aromatic rings. The van der Waals surface area contributed by atoms with Crippen molar-refractivity contribution in [1.82, 2.24) is 5.32 Å². The Morgan fingerprint density at radius 2 is 1.90 bits per heavy atom. The molecule has 9 heteroatoms. The van der Waals surface area contributed by atoms with Crippen molar-refractivity contribution in [1.29, 1.82) is 0 Å². The molecular weight excluding hydrogens is 427 g/mol. The average Bonchev–Trinajstić information content (AvgIpc) is 2.69. The van der Waals surface area contributed by atoms with E-state index in [1.165, 1.54) is 30.3 Å². The Labute approximate surface area is 183 Å². The zero-order valence-electron chi connectivity index (χ0n) is 17.1. The molecule has 31 heavy (non-hydrogen) atoms. The molecule has 1 aliphatic heterocycles. The van der Waals surface area contributed by atoms with Crippen LogP contribution in [-0.4, -0.2) is 30.6 Å². The molecule has 1 saturated heterocycles. The SMILES string of the molecule is CCOc1cc(/C=C2/C(=O)NC(=O)N(c3ccccc3F)C2=O)cc(Cl)c1OC(C)C. The van der Waals surface area contributed by atoms with Gasteiger partial charge in [-0.25, -0.2) is 14.1 Å². The molecule has 0 aliphatic carbocycles. The summed E-state index contributed by atoms with van der Waals surface area (Å²) in [6, 6.07) is 7.29. The Kier molecular flexibility index (Phi) is 6.60. The van der Waals surface area contributed by atoms with Gasteiger partial charge in [-0.05, 0) is 56.7 Å². The minimum Gasteiger partial charge on any atom is -0.490 e. The van der Waals surface area contributed by atoms with E-state index in [9.17, 15) is 18.8 Å². The Balaban J connectivity index is 2.05. The summed E-state index contributed by atoms with van der Waals surface area (Å²) in [4.78, 5) is 38.1. The number of nitrogens with zero attached hydrogens (tertiary/aromatic N) is 1. The number of hydrogen-bond donors (Lipinski definition) is 1. The maximum absolute atomic E-state index is 14.2. The van der Waals surface area contributed by atoms with E-state index < -0.39 is 23.7 Å². The molecule has 0 bridgehead atoms. The number of carbonyl (C=O) groups is 3. The Hall–Kier alpha value is -3.39. The summed E-state index contributed by atoms with van der Waals surface area (Å²) in [5, 5.41) is 2.27. The molecule has 1 fully saturated rings. The number of rotatable bonds is 6. The second-order valence-corrected chi connectivity index (χ2v) is 7.25. The van der Waals surface area contributed by atoms with Crippen molar-refractivity contribution < 1.29 is 28.2 Å². The first-order valence-corrected chi connectivity index (χ1v) is 9.89. The molecule has 162 valence electrons. The van der Waals surface area contributed by atoms with Crippen molar-refractivity contribution >= 4 is 41.2 Å². The lowest BCUT2D eigenvalue weighted by Gasteiger charge is -2.26. The molecule has 0 unspecified atom stereocenters. The molecule has 2 aromatic carbocycles. The molecule has 1 aliphatic rings. The molecule has 0 spiro atoms. The number of halogens is 2. The van der Waals surface area contributed by atoms with Crippen LogP contribution in [0.3, 0.4) is 0 Å². The van der Waals surface area contributed by atoms with Crippen LogP contribution in [0.4, 0.5) is 14.9 Å². The molecule has 3 rings (SSSR count). The zero-order chi connectivity index (χ0) is 22.7. The topological polar surface area (TPSA) is 84.9 Å². The monoisotopic (exact) mass is 446 g/mol. The minimum absolute atomic E-state index is 0.160. The quantitative estimate of drug-likeness (QED) is 0.527. The second-order valence-electron chi connectivity index (χ2n) is 6.84. The molecule has 0 atom stereocenters. The third-order valence-corrected chi connectivity index (χ3v) is 4.47. The van der Waals surface area contributed by atoms with Gasteiger partial charge in [0.1, 0.15) is 11.4 Å². The number of para-hydroxylation sites is 1. The number of imide groups is 2. The van der Waals surface area contributed by atoms with Gasteiger partial charge >= 0.3 is 6.03 Å². The third-order valence-electron chi connectivity index (χ3n) is 4.19. The normalized spacial score (nSPS) is 15.5. The van der Waals surface area contributed by atoms with Crippen LogP contribution in [0.5, 0.6) is 11.5 Å². The van der Waals surface area contributed by atoms with Crippen molar-refractivity contribution in [3.8, 4) is 11.5 Å². The summed E-state index contributed by atoms with van der Waals surface area (Å²) in [6.45, 7) is 5.79. The van der Waals surface area contributed by atoms with E-state index >= 15 is 0 Å². The van der Waals surface area contributed by atoms with E-state index in [0.717, 1.165) is 6.07 Å². The molecule has 0 saturated carbocycles. The number of urea groups is 1. The third kappa shape index (κ3) is 4.69. The van der Waals surface area contributed by atoms with Gasteiger partial charge in [0.25, 0.3) is 11.8 Å². The van der Waals surface area contributed by atoms with Crippen LogP contribution in [0.1, 0.15) is 26.3 Å². The number of benzene rings is 2. The number of amides is 4. The maximum Gasteiger partial charge on any atom is 0.336 e. The predicted molar refractivity (Wildman–Crippen MR) is 114 cm³/mol. The van der Waals surface area contributed by atoms with Crippen molar-refractivity contribution in [3.63, 3.8) is 0 Å². The highest BCUT2D eigenvalue weighted by molar-refractivity contribution is 6.39. The van der Waals surface area contributed by atoms with Crippen LogP contribution >= 0.6 is 11.6 Å². The predicted octanol–water partition coefficient (Wildman–Crippen LogP) is 4.33. The van der Waals surface area contributed by atoms with Crippen LogP contribution in [0.15, 0.2) is 42.0 Å². The number of barbiturate groups is 1. The Bertz CT molecular complexity index is 1080. The van der Waals surface area contributed by atoms with Gasteiger partial charge in [0.05, 0.1) is 23.4 Å². The first-order valence-electron chi connectivity index (χ1n) is 9.51. The van der Waals surface area contributed by atoms with E-state index in [0.29, 0.717) is 28.6 Å². The number of hydrogen-bond acceptors (Lipinski definition) is 5. The fraction of sp³-hybridized carbons (Fsp3) is 0.227. The lowest BCUT2D eigenvalue weighted by molar-refractivity contribution is -0.122. The molecule has 0 aromatic heterocycles. The summed E-state index contributed by atoms with van der Waals surface area (Å²) >= 11 is 6.34. The van der Waals surface area contributed by atoms with Crippen molar-refractivity contribution in [2.75, 3.05) is 11.5 Å². The van der Waals surface area contributed by atoms with Gasteiger partial charge in [-0.2, -0.15) is 0 Å². The van der Waals surface area contributed by atoms with E-state index in [2.05, 4.69) is 5.32 Å². The summed E-state index contributed by atoms with van der Waals surface area (Å²) < 4.78 is 25.5. The number of anilines is 1. The highest BCUT2D eigenvalue weighted by Crippen LogP contribution is 2.38. The smallest absolute Gasteiger partial charge is 0.336 e. The Morgan fingerprint density at radius 3 is 2.55 bits per heavy atom. The molecule has 7 nitrogen and oxygen atoms in total. The van der Waals surface area contributed by atoms with E-state index in [1.54, 1.807) is 13.0 Å². The highest BCUT2D eigenvalue weighted by Gasteiger charge is 2.38. The lowest BCUT2D eigenvalue weighted by atomic mass is 10.1. The van der Waals surface area contributed by atoms with Gasteiger partial charge in [-0.15, -0.1) is 0 Å². The lowest BCUT2D eigenvalue weighted by Crippen LogP contribution is -2.54. The van der Waals surface area contributed by atoms with Gasteiger partial charge in [0.2, 0.25) is 0 Å². The van der Waals surface area contributed by atoms with E-state index in [-0.39, 0.29) is 22.4 Å². The molecular formula is C22H20ClFN2O5. The van der Waals surface area contributed by atoms with Crippen LogP contribution < -0.4 is 19.7 Å². The van der Waals surface area contributed by atoms with E-state index in [1.807, 2.05) is 13.8 Å². The highest BCUT2D eigenvalue weighted by atomic mass is 35.5. The van der Waals surface area contributed by atoms with Gasteiger partial charge < -0.3 is 9.47 Å². The fourth-order valence-corrected chi connectivity index (χ4v) is 3.22. The van der Waals surface area contributed by atoms with Crippen LogP contribution in [0.2, 0.25) is 5.02 Å². The number of carbonyl (C=O) groups excluding carboxylic acids is 3. The maximum atomic E-state index is 14.2. The summed E-state index contributed by atoms with van der Waals surface area (Å²) in [7, 11) is 0. The number of ether oxygens (including phenoxy) is 2. The first-order chi connectivity index (χ1) is 14.7. The van der Waals surface area contributed by atoms with Gasteiger partial charge in [-0.3, -0.25) is 14.9 Å². The average molecular weight is 447 g/mol. The largest absolute Gasteiger partial charge is 0.490 e. The van der Waals surface area contributed by atoms with Crippen molar-refractivity contribution in [3.05, 3.63) is 58.4 Å². The van der Waals surface area contributed by atoms with Crippen molar-refractivity contribution in [2.24, 2.45) is 0 Å². The van der Waals surface area contributed by atoms with Crippen molar-refractivity contribution in [2.45, 2.75) is 26.9 Å². The van der Waals surface area contributed by atoms with Crippen LogP contribution in [-0.2, 0) is 9.59 Å². The van der Waals surface area contributed by atoms with E-state index in [4.69, 9.17) is 21.1 Å².